The van der Waals surface area contributed by atoms with Crippen molar-refractivity contribution >= 4 is 21.6 Å². The number of anilines is 1. The van der Waals surface area contributed by atoms with Crippen LogP contribution in [0.5, 0.6) is 0 Å². The molecule has 0 aliphatic carbocycles. The Hall–Kier alpha value is -0.540. The molecule has 3 unspecified atom stereocenters. The van der Waals surface area contributed by atoms with E-state index < -0.39 is 0 Å². The maximum absolute atomic E-state index is 3.63. The monoisotopic (exact) mass is 338 g/mol. The molecular formula is C17H27BrN2. The van der Waals surface area contributed by atoms with Crippen molar-refractivity contribution in [2.75, 3.05) is 11.4 Å². The molecule has 20 heavy (non-hydrogen) atoms. The maximum atomic E-state index is 3.63. The van der Waals surface area contributed by atoms with Crippen molar-refractivity contribution in [3.8, 4) is 0 Å². The molecule has 0 aromatic heterocycles. The van der Waals surface area contributed by atoms with Crippen LogP contribution in [0.1, 0.15) is 58.6 Å². The van der Waals surface area contributed by atoms with E-state index in [-0.39, 0.29) is 0 Å². The number of hydrogen-bond acceptors (Lipinski definition) is 2. The minimum Gasteiger partial charge on any atom is -0.366 e. The molecular weight excluding hydrogens is 312 g/mol. The molecule has 112 valence electrons. The highest BCUT2D eigenvalue weighted by molar-refractivity contribution is 9.10. The van der Waals surface area contributed by atoms with Gasteiger partial charge in [-0.15, -0.1) is 0 Å². The topological polar surface area (TPSA) is 15.3 Å². The number of nitrogens with zero attached hydrogens (tertiary/aromatic N) is 1. The summed E-state index contributed by atoms with van der Waals surface area (Å²) in [6.07, 6.45) is 3.86. The second kappa shape index (κ2) is 6.95. The Balaban J connectivity index is 2.39. The molecule has 2 rings (SSSR count). The first-order valence-corrected chi connectivity index (χ1v) is 8.68. The lowest BCUT2D eigenvalue weighted by atomic mass is 10.0. The molecule has 2 nitrogen and oxygen atoms in total. The summed E-state index contributed by atoms with van der Waals surface area (Å²) in [5, 5.41) is 3.55. The van der Waals surface area contributed by atoms with Gasteiger partial charge >= 0.3 is 0 Å². The van der Waals surface area contributed by atoms with E-state index in [1.54, 1.807) is 0 Å². The van der Waals surface area contributed by atoms with Crippen LogP contribution >= 0.6 is 15.9 Å². The quantitative estimate of drug-likeness (QED) is 0.822. The van der Waals surface area contributed by atoms with Gasteiger partial charge in [0.15, 0.2) is 0 Å². The zero-order chi connectivity index (χ0) is 14.7. The zero-order valence-corrected chi connectivity index (χ0v) is 14.7. The lowest BCUT2D eigenvalue weighted by Gasteiger charge is -2.33. The van der Waals surface area contributed by atoms with Crippen LogP contribution in [0, 0.1) is 0 Å². The van der Waals surface area contributed by atoms with Crippen LogP contribution in [0.2, 0.25) is 0 Å². The minimum atomic E-state index is 0.387. The predicted octanol–water partition coefficient (Wildman–Crippen LogP) is 4.89. The smallest absolute Gasteiger partial charge is 0.0420 e. The van der Waals surface area contributed by atoms with Crippen LogP contribution < -0.4 is 10.2 Å². The van der Waals surface area contributed by atoms with Crippen molar-refractivity contribution in [2.45, 2.75) is 65.1 Å². The van der Waals surface area contributed by atoms with Gasteiger partial charge < -0.3 is 10.2 Å². The largest absolute Gasteiger partial charge is 0.366 e. The molecule has 0 saturated carbocycles. The van der Waals surface area contributed by atoms with Gasteiger partial charge in [0.1, 0.15) is 0 Å². The summed E-state index contributed by atoms with van der Waals surface area (Å²) in [4.78, 5) is 2.65. The molecule has 1 aliphatic heterocycles. The summed E-state index contributed by atoms with van der Waals surface area (Å²) in [7, 11) is 0. The summed E-state index contributed by atoms with van der Waals surface area (Å²) in [6, 6.07) is 8.47. The van der Waals surface area contributed by atoms with E-state index in [9.17, 15) is 0 Å². The van der Waals surface area contributed by atoms with E-state index >= 15 is 0 Å². The van der Waals surface area contributed by atoms with E-state index in [2.05, 4.69) is 72.0 Å². The Morgan fingerprint density at radius 2 is 2.10 bits per heavy atom. The van der Waals surface area contributed by atoms with Gasteiger partial charge in [0, 0.05) is 28.3 Å². The molecule has 1 saturated heterocycles. The lowest BCUT2D eigenvalue weighted by molar-refractivity contribution is 0.582. The van der Waals surface area contributed by atoms with Gasteiger partial charge in [0.05, 0.1) is 0 Å². The van der Waals surface area contributed by atoms with Crippen LogP contribution in [0.4, 0.5) is 5.69 Å². The maximum Gasteiger partial charge on any atom is 0.0420 e. The second-order valence-corrected chi connectivity index (χ2v) is 6.79. The van der Waals surface area contributed by atoms with Crippen molar-refractivity contribution in [2.24, 2.45) is 0 Å². The van der Waals surface area contributed by atoms with E-state index in [1.807, 2.05) is 0 Å². The standard InChI is InChI=1S/C17H27BrN2/c1-5-15-9-7-12(3)20(15)17-10-8-14(18)11-16(17)13(4)19-6-2/h8,10-13,15,19H,5-7,9H2,1-4H3. The predicted molar refractivity (Wildman–Crippen MR) is 91.5 cm³/mol. The van der Waals surface area contributed by atoms with Crippen molar-refractivity contribution in [1.82, 2.24) is 5.32 Å². The van der Waals surface area contributed by atoms with Gasteiger partial charge in [-0.05, 0) is 63.4 Å². The van der Waals surface area contributed by atoms with Crippen LogP contribution in [0.3, 0.4) is 0 Å². The molecule has 0 bridgehead atoms. The van der Waals surface area contributed by atoms with Gasteiger partial charge in [-0.1, -0.05) is 29.8 Å². The average molecular weight is 339 g/mol. The zero-order valence-electron chi connectivity index (χ0n) is 13.1. The third-order valence-corrected chi connectivity index (χ3v) is 4.99. The van der Waals surface area contributed by atoms with Gasteiger partial charge in [-0.2, -0.15) is 0 Å². The van der Waals surface area contributed by atoms with E-state index in [4.69, 9.17) is 0 Å². The first-order valence-electron chi connectivity index (χ1n) is 7.89. The first kappa shape index (κ1) is 15.8. The average Bonchev–Trinajstić information content (AvgIpc) is 2.80. The number of nitrogens with one attached hydrogen (secondary N) is 1. The van der Waals surface area contributed by atoms with Gasteiger partial charge in [0.25, 0.3) is 0 Å². The Morgan fingerprint density at radius 3 is 2.75 bits per heavy atom. The molecule has 1 heterocycles. The van der Waals surface area contributed by atoms with Gasteiger partial charge in [0.2, 0.25) is 0 Å². The van der Waals surface area contributed by atoms with Crippen LogP contribution in [0.25, 0.3) is 0 Å². The number of hydrogen-bond donors (Lipinski definition) is 1. The Morgan fingerprint density at radius 1 is 1.35 bits per heavy atom. The van der Waals surface area contributed by atoms with E-state index in [0.717, 1.165) is 6.54 Å². The summed E-state index contributed by atoms with van der Waals surface area (Å²) in [5.74, 6) is 0. The van der Waals surface area contributed by atoms with Gasteiger partial charge in [-0.3, -0.25) is 0 Å². The fraction of sp³-hybridized carbons (Fsp3) is 0.647. The highest BCUT2D eigenvalue weighted by atomic mass is 79.9. The summed E-state index contributed by atoms with van der Waals surface area (Å²) in [6.45, 7) is 10.1. The summed E-state index contributed by atoms with van der Waals surface area (Å²) >= 11 is 3.63. The van der Waals surface area contributed by atoms with Crippen molar-refractivity contribution in [3.05, 3.63) is 28.2 Å². The molecule has 1 fully saturated rings. The van der Waals surface area contributed by atoms with Crippen LogP contribution in [0.15, 0.2) is 22.7 Å². The molecule has 0 amide bonds. The summed E-state index contributed by atoms with van der Waals surface area (Å²) in [5.41, 5.74) is 2.83. The van der Waals surface area contributed by atoms with Crippen LogP contribution in [-0.4, -0.2) is 18.6 Å². The molecule has 3 atom stereocenters. The third kappa shape index (κ3) is 3.20. The number of benzene rings is 1. The van der Waals surface area contributed by atoms with Crippen molar-refractivity contribution in [1.29, 1.82) is 0 Å². The Bertz CT molecular complexity index is 447. The Labute approximate surface area is 132 Å². The van der Waals surface area contributed by atoms with E-state index in [0.29, 0.717) is 18.1 Å². The SMILES string of the molecule is CCNC(C)c1cc(Br)ccc1N1C(C)CCC1CC. The molecule has 3 heteroatoms. The second-order valence-electron chi connectivity index (χ2n) is 5.88. The normalized spacial score (nSPS) is 24.1. The third-order valence-electron chi connectivity index (χ3n) is 4.50. The molecule has 1 aromatic rings. The number of halogens is 1. The fourth-order valence-corrected chi connectivity index (χ4v) is 3.81. The fourth-order valence-electron chi connectivity index (χ4n) is 3.43. The van der Waals surface area contributed by atoms with Crippen LogP contribution in [-0.2, 0) is 0 Å². The van der Waals surface area contributed by atoms with Crippen molar-refractivity contribution in [3.63, 3.8) is 0 Å². The molecule has 0 radical (unpaired) electrons. The minimum absolute atomic E-state index is 0.387. The Kier molecular flexibility index (Phi) is 5.50. The molecule has 1 aromatic carbocycles. The highest BCUT2D eigenvalue weighted by Gasteiger charge is 2.31. The molecule has 1 aliphatic rings. The number of rotatable bonds is 5. The van der Waals surface area contributed by atoms with E-state index in [1.165, 1.54) is 35.0 Å². The lowest BCUT2D eigenvalue weighted by Crippen LogP contribution is -2.35. The van der Waals surface area contributed by atoms with Gasteiger partial charge in [-0.25, -0.2) is 0 Å². The highest BCUT2D eigenvalue weighted by Crippen LogP contribution is 2.37. The molecule has 1 N–H and O–H groups in total. The summed E-state index contributed by atoms with van der Waals surface area (Å²) < 4.78 is 1.17. The first-order chi connectivity index (χ1) is 9.58. The van der Waals surface area contributed by atoms with Crippen molar-refractivity contribution < 1.29 is 0 Å². The molecule has 0 spiro atoms.